The first-order valence-corrected chi connectivity index (χ1v) is 6.09. The fraction of sp³-hybridized carbons (Fsp3) is 0.167. The molecule has 0 fully saturated rings. The lowest BCUT2D eigenvalue weighted by Crippen LogP contribution is -2.11. The SMILES string of the molecule is Cc1cc(F)cc(NC(=O)c2sc(N)nc2C)c1. The highest BCUT2D eigenvalue weighted by atomic mass is 32.1. The van der Waals surface area contributed by atoms with E-state index in [1.165, 1.54) is 12.1 Å². The van der Waals surface area contributed by atoms with Crippen molar-refractivity contribution < 1.29 is 9.18 Å². The minimum absolute atomic E-state index is 0.327. The predicted molar refractivity (Wildman–Crippen MR) is 70.4 cm³/mol. The van der Waals surface area contributed by atoms with Crippen molar-refractivity contribution in [1.82, 2.24) is 4.98 Å². The third-order valence-corrected chi connectivity index (χ3v) is 3.30. The lowest BCUT2D eigenvalue weighted by molar-refractivity contribution is 0.103. The molecule has 0 spiro atoms. The molecule has 0 saturated carbocycles. The molecule has 0 saturated heterocycles. The largest absolute Gasteiger partial charge is 0.375 e. The molecule has 94 valence electrons. The molecule has 1 aromatic heterocycles. The maximum absolute atomic E-state index is 13.2. The Morgan fingerprint density at radius 2 is 2.11 bits per heavy atom. The molecule has 0 aliphatic carbocycles. The first-order valence-electron chi connectivity index (χ1n) is 5.27. The maximum atomic E-state index is 13.2. The van der Waals surface area contributed by atoms with E-state index in [0.29, 0.717) is 21.4 Å². The van der Waals surface area contributed by atoms with E-state index in [-0.39, 0.29) is 11.7 Å². The summed E-state index contributed by atoms with van der Waals surface area (Å²) in [4.78, 5) is 16.4. The number of nitrogen functional groups attached to an aromatic ring is 1. The van der Waals surface area contributed by atoms with Gasteiger partial charge in [-0.1, -0.05) is 11.3 Å². The Bertz CT molecular complexity index is 589. The van der Waals surface area contributed by atoms with E-state index in [1.54, 1.807) is 19.9 Å². The number of hydrogen-bond donors (Lipinski definition) is 2. The van der Waals surface area contributed by atoms with Gasteiger partial charge >= 0.3 is 0 Å². The van der Waals surface area contributed by atoms with E-state index in [4.69, 9.17) is 5.73 Å². The molecule has 2 rings (SSSR count). The van der Waals surface area contributed by atoms with E-state index < -0.39 is 0 Å². The summed E-state index contributed by atoms with van der Waals surface area (Å²) >= 11 is 1.11. The molecule has 18 heavy (non-hydrogen) atoms. The number of halogens is 1. The molecule has 1 amide bonds. The Hall–Kier alpha value is -1.95. The van der Waals surface area contributed by atoms with E-state index in [9.17, 15) is 9.18 Å². The number of hydrogen-bond acceptors (Lipinski definition) is 4. The second-order valence-corrected chi connectivity index (χ2v) is 4.97. The van der Waals surface area contributed by atoms with Crippen LogP contribution in [-0.4, -0.2) is 10.9 Å². The van der Waals surface area contributed by atoms with Crippen LogP contribution in [-0.2, 0) is 0 Å². The average Bonchev–Trinajstić information content (AvgIpc) is 2.56. The summed E-state index contributed by atoms with van der Waals surface area (Å²) in [5.74, 6) is -0.711. The number of rotatable bonds is 2. The van der Waals surface area contributed by atoms with Crippen LogP contribution in [0.1, 0.15) is 20.9 Å². The zero-order chi connectivity index (χ0) is 13.3. The number of thiazole rings is 1. The maximum Gasteiger partial charge on any atom is 0.267 e. The minimum atomic E-state index is -0.383. The fourth-order valence-corrected chi connectivity index (χ4v) is 2.35. The number of nitrogens with zero attached hydrogens (tertiary/aromatic N) is 1. The van der Waals surface area contributed by atoms with Gasteiger partial charge in [0, 0.05) is 5.69 Å². The van der Waals surface area contributed by atoms with Crippen molar-refractivity contribution in [2.45, 2.75) is 13.8 Å². The van der Waals surface area contributed by atoms with Crippen molar-refractivity contribution in [2.75, 3.05) is 11.1 Å². The second kappa shape index (κ2) is 4.73. The molecule has 4 nitrogen and oxygen atoms in total. The Morgan fingerprint density at radius 1 is 1.39 bits per heavy atom. The number of benzene rings is 1. The summed E-state index contributed by atoms with van der Waals surface area (Å²) in [6.45, 7) is 3.47. The van der Waals surface area contributed by atoms with Crippen LogP contribution in [0, 0.1) is 19.7 Å². The van der Waals surface area contributed by atoms with Crippen molar-refractivity contribution in [2.24, 2.45) is 0 Å². The molecular formula is C12H12FN3OS. The van der Waals surface area contributed by atoms with Crippen molar-refractivity contribution in [3.05, 3.63) is 40.2 Å². The summed E-state index contributed by atoms with van der Waals surface area (Å²) < 4.78 is 13.2. The first kappa shape index (κ1) is 12.5. The van der Waals surface area contributed by atoms with Gasteiger partial charge in [-0.05, 0) is 37.6 Å². The second-order valence-electron chi connectivity index (χ2n) is 3.94. The highest BCUT2D eigenvalue weighted by molar-refractivity contribution is 7.17. The zero-order valence-corrected chi connectivity index (χ0v) is 10.8. The summed E-state index contributed by atoms with van der Waals surface area (Å²) in [6, 6.07) is 4.36. The Labute approximate surface area is 108 Å². The normalized spacial score (nSPS) is 10.4. The molecule has 0 radical (unpaired) electrons. The number of carbonyl (C=O) groups excluding carboxylic acids is 1. The minimum Gasteiger partial charge on any atom is -0.375 e. The van der Waals surface area contributed by atoms with Gasteiger partial charge in [-0.3, -0.25) is 4.79 Å². The summed E-state index contributed by atoms with van der Waals surface area (Å²) in [7, 11) is 0. The van der Waals surface area contributed by atoms with E-state index in [2.05, 4.69) is 10.3 Å². The molecule has 6 heteroatoms. The molecule has 0 atom stereocenters. The van der Waals surface area contributed by atoms with E-state index in [0.717, 1.165) is 16.9 Å². The van der Waals surface area contributed by atoms with Crippen LogP contribution in [0.5, 0.6) is 0 Å². The van der Waals surface area contributed by atoms with Gasteiger partial charge in [0.1, 0.15) is 10.7 Å². The standard InChI is InChI=1S/C12H12FN3OS/c1-6-3-8(13)5-9(4-6)16-11(17)10-7(2)15-12(14)18-10/h3-5H,1-2H3,(H2,14,15)(H,16,17). The van der Waals surface area contributed by atoms with Crippen LogP contribution in [0.25, 0.3) is 0 Å². The van der Waals surface area contributed by atoms with Crippen molar-refractivity contribution in [1.29, 1.82) is 0 Å². The topological polar surface area (TPSA) is 68.0 Å². The number of aryl methyl sites for hydroxylation is 2. The van der Waals surface area contributed by atoms with Crippen LogP contribution < -0.4 is 11.1 Å². The Morgan fingerprint density at radius 3 is 2.67 bits per heavy atom. The molecule has 1 heterocycles. The molecule has 0 bridgehead atoms. The van der Waals surface area contributed by atoms with Crippen molar-refractivity contribution >= 4 is 28.1 Å². The number of aromatic nitrogens is 1. The smallest absolute Gasteiger partial charge is 0.267 e. The summed E-state index contributed by atoms with van der Waals surface area (Å²) in [6.07, 6.45) is 0. The zero-order valence-electron chi connectivity index (χ0n) is 9.95. The molecule has 0 aliphatic rings. The molecule has 2 aromatic rings. The number of amides is 1. The van der Waals surface area contributed by atoms with Gasteiger partial charge in [0.15, 0.2) is 5.13 Å². The van der Waals surface area contributed by atoms with Crippen molar-refractivity contribution in [3.8, 4) is 0 Å². The van der Waals surface area contributed by atoms with E-state index in [1.807, 2.05) is 0 Å². The van der Waals surface area contributed by atoms with Gasteiger partial charge in [-0.25, -0.2) is 9.37 Å². The first-order chi connectivity index (χ1) is 8.45. The molecule has 1 aromatic carbocycles. The van der Waals surface area contributed by atoms with Gasteiger partial charge in [-0.15, -0.1) is 0 Å². The molecule has 0 aliphatic heterocycles. The number of nitrogens with one attached hydrogen (secondary N) is 1. The average molecular weight is 265 g/mol. The van der Waals surface area contributed by atoms with Crippen LogP contribution in [0.15, 0.2) is 18.2 Å². The molecule has 3 N–H and O–H groups in total. The Kier molecular flexibility index (Phi) is 3.29. The monoisotopic (exact) mass is 265 g/mol. The summed E-state index contributed by atoms with van der Waals surface area (Å²) in [5, 5.41) is 2.97. The van der Waals surface area contributed by atoms with Gasteiger partial charge in [0.2, 0.25) is 0 Å². The quantitative estimate of drug-likeness (QED) is 0.877. The van der Waals surface area contributed by atoms with Gasteiger partial charge in [-0.2, -0.15) is 0 Å². The van der Waals surface area contributed by atoms with Gasteiger partial charge in [0.05, 0.1) is 5.69 Å². The van der Waals surface area contributed by atoms with Crippen molar-refractivity contribution in [3.63, 3.8) is 0 Å². The Balaban J connectivity index is 2.23. The summed E-state index contributed by atoms with van der Waals surface area (Å²) in [5.41, 5.74) is 7.26. The lowest BCUT2D eigenvalue weighted by atomic mass is 10.2. The number of nitrogens with two attached hydrogens (primary N) is 1. The molecule has 0 unspecified atom stereocenters. The highest BCUT2D eigenvalue weighted by Gasteiger charge is 2.14. The van der Waals surface area contributed by atoms with Crippen LogP contribution in [0.3, 0.4) is 0 Å². The van der Waals surface area contributed by atoms with Gasteiger partial charge < -0.3 is 11.1 Å². The third-order valence-electron chi connectivity index (χ3n) is 2.32. The third kappa shape index (κ3) is 2.65. The van der Waals surface area contributed by atoms with Gasteiger partial charge in [0.25, 0.3) is 5.91 Å². The number of carbonyl (C=O) groups is 1. The van der Waals surface area contributed by atoms with Crippen LogP contribution >= 0.6 is 11.3 Å². The fourth-order valence-electron chi connectivity index (χ4n) is 1.62. The lowest BCUT2D eigenvalue weighted by Gasteiger charge is -2.05. The van der Waals surface area contributed by atoms with E-state index >= 15 is 0 Å². The van der Waals surface area contributed by atoms with Crippen LogP contribution in [0.4, 0.5) is 15.2 Å². The number of anilines is 2. The predicted octanol–water partition coefficient (Wildman–Crippen LogP) is 2.73. The van der Waals surface area contributed by atoms with Crippen LogP contribution in [0.2, 0.25) is 0 Å². The molecular weight excluding hydrogens is 253 g/mol. The highest BCUT2D eigenvalue weighted by Crippen LogP contribution is 2.21.